The number of benzene rings is 2. The van der Waals surface area contributed by atoms with Crippen LogP contribution in [0.2, 0.25) is 10.0 Å². The SMILES string of the molecule is Clc1cccc(C(CNc2nc(I)nc3nc[nH]c23)c2cccc(Cl)c2)c1. The molecule has 8 heteroatoms. The van der Waals surface area contributed by atoms with Crippen molar-refractivity contribution in [3.63, 3.8) is 0 Å². The van der Waals surface area contributed by atoms with Gasteiger partial charge in [-0.05, 0) is 35.4 Å². The van der Waals surface area contributed by atoms with Gasteiger partial charge in [-0.15, -0.1) is 0 Å². The number of nitrogens with zero attached hydrogens (tertiary/aromatic N) is 3. The van der Waals surface area contributed by atoms with Crippen LogP contribution in [-0.2, 0) is 0 Å². The number of nitrogens with one attached hydrogen (secondary N) is 2. The van der Waals surface area contributed by atoms with E-state index in [0.29, 0.717) is 26.1 Å². The minimum atomic E-state index is 0.0491. The summed E-state index contributed by atoms with van der Waals surface area (Å²) in [6.07, 6.45) is 1.62. The molecule has 0 spiro atoms. The molecule has 0 amide bonds. The Balaban J connectivity index is 1.70. The van der Waals surface area contributed by atoms with Crippen LogP contribution < -0.4 is 5.32 Å². The Bertz CT molecular complexity index is 1050. The third-order valence-electron chi connectivity index (χ3n) is 4.23. The molecule has 4 rings (SSSR count). The number of rotatable bonds is 5. The first kappa shape index (κ1) is 18.5. The Morgan fingerprint density at radius 3 is 2.30 bits per heavy atom. The van der Waals surface area contributed by atoms with E-state index in [0.717, 1.165) is 22.5 Å². The van der Waals surface area contributed by atoms with Crippen LogP contribution in [0.1, 0.15) is 17.0 Å². The van der Waals surface area contributed by atoms with Crippen molar-refractivity contribution in [2.45, 2.75) is 5.92 Å². The molecule has 2 aromatic heterocycles. The van der Waals surface area contributed by atoms with Crippen LogP contribution in [0.4, 0.5) is 5.82 Å². The second-order valence-corrected chi connectivity index (χ2v) is 7.82. The monoisotopic (exact) mass is 509 g/mol. The number of hydrogen-bond acceptors (Lipinski definition) is 4. The van der Waals surface area contributed by atoms with E-state index in [1.807, 2.05) is 36.4 Å². The van der Waals surface area contributed by atoms with Crippen LogP contribution in [0.3, 0.4) is 0 Å². The second kappa shape index (κ2) is 8.00. The largest absolute Gasteiger partial charge is 0.367 e. The molecular weight excluding hydrogens is 496 g/mol. The zero-order chi connectivity index (χ0) is 18.8. The predicted molar refractivity (Wildman–Crippen MR) is 118 cm³/mol. The molecule has 27 heavy (non-hydrogen) atoms. The van der Waals surface area contributed by atoms with E-state index in [1.165, 1.54) is 0 Å². The number of fused-ring (bicyclic) bond motifs is 1. The Hall–Kier alpha value is -1.90. The van der Waals surface area contributed by atoms with Crippen molar-refractivity contribution in [3.05, 3.63) is 79.9 Å². The van der Waals surface area contributed by atoms with Gasteiger partial charge in [0, 0.05) is 45.1 Å². The van der Waals surface area contributed by atoms with Crippen LogP contribution >= 0.6 is 45.8 Å². The third kappa shape index (κ3) is 4.17. The van der Waals surface area contributed by atoms with Crippen LogP contribution in [-0.4, -0.2) is 26.5 Å². The molecule has 0 aliphatic rings. The summed E-state index contributed by atoms with van der Waals surface area (Å²) in [7, 11) is 0. The zero-order valence-corrected chi connectivity index (χ0v) is 17.6. The molecule has 2 heterocycles. The quantitative estimate of drug-likeness (QED) is 0.275. The standard InChI is InChI=1S/C19H14Cl2IN5/c20-13-5-1-3-11(7-13)15(12-4-2-6-14(21)8-12)9-23-17-16-18(25-10-24-16)27-19(22)26-17/h1-8,10,15H,9H2,(H2,23,24,25,26,27). The van der Waals surface area contributed by atoms with Crippen molar-refractivity contribution < 1.29 is 0 Å². The highest BCUT2D eigenvalue weighted by Crippen LogP contribution is 2.29. The highest BCUT2D eigenvalue weighted by Gasteiger charge is 2.17. The molecule has 2 N–H and O–H groups in total. The lowest BCUT2D eigenvalue weighted by molar-refractivity contribution is 0.848. The fourth-order valence-corrected chi connectivity index (χ4v) is 3.88. The van der Waals surface area contributed by atoms with Gasteiger partial charge in [-0.25, -0.2) is 15.0 Å². The topological polar surface area (TPSA) is 66.5 Å². The molecule has 0 bridgehead atoms. The molecule has 136 valence electrons. The van der Waals surface area contributed by atoms with E-state index in [-0.39, 0.29) is 5.92 Å². The summed E-state index contributed by atoms with van der Waals surface area (Å²) in [5.41, 5.74) is 3.62. The summed E-state index contributed by atoms with van der Waals surface area (Å²) in [4.78, 5) is 16.1. The van der Waals surface area contributed by atoms with Crippen molar-refractivity contribution in [2.24, 2.45) is 0 Å². The summed E-state index contributed by atoms with van der Waals surface area (Å²) >= 11 is 14.5. The van der Waals surface area contributed by atoms with Gasteiger partial charge in [0.15, 0.2) is 15.3 Å². The van der Waals surface area contributed by atoms with Crippen molar-refractivity contribution in [3.8, 4) is 0 Å². The Labute approximate surface area is 179 Å². The van der Waals surface area contributed by atoms with E-state index < -0.39 is 0 Å². The average molecular weight is 510 g/mol. The van der Waals surface area contributed by atoms with Gasteiger partial charge in [-0.3, -0.25) is 0 Å². The zero-order valence-electron chi connectivity index (χ0n) is 14.0. The average Bonchev–Trinajstić information content (AvgIpc) is 3.10. The molecule has 2 aromatic carbocycles. The Kier molecular flexibility index (Phi) is 5.47. The number of hydrogen-bond donors (Lipinski definition) is 2. The number of halogens is 3. The fraction of sp³-hybridized carbons (Fsp3) is 0.105. The van der Waals surface area contributed by atoms with Crippen molar-refractivity contribution >= 4 is 62.8 Å². The lowest BCUT2D eigenvalue weighted by Crippen LogP contribution is -2.15. The number of aromatic amines is 1. The normalized spacial score (nSPS) is 11.3. The minimum Gasteiger partial charge on any atom is -0.367 e. The van der Waals surface area contributed by atoms with Crippen LogP contribution in [0.15, 0.2) is 54.9 Å². The number of H-pyrrole nitrogens is 1. The van der Waals surface area contributed by atoms with Crippen LogP contribution in [0.25, 0.3) is 11.2 Å². The number of aromatic nitrogens is 4. The van der Waals surface area contributed by atoms with E-state index in [2.05, 4.69) is 60.0 Å². The molecule has 0 unspecified atom stereocenters. The van der Waals surface area contributed by atoms with Crippen molar-refractivity contribution in [1.82, 2.24) is 19.9 Å². The summed E-state index contributed by atoms with van der Waals surface area (Å²) in [6.45, 7) is 0.613. The molecule has 5 nitrogen and oxygen atoms in total. The fourth-order valence-electron chi connectivity index (χ4n) is 3.01. The van der Waals surface area contributed by atoms with E-state index in [9.17, 15) is 0 Å². The molecule has 0 aliphatic heterocycles. The second-order valence-electron chi connectivity index (χ2n) is 5.99. The van der Waals surface area contributed by atoms with E-state index >= 15 is 0 Å². The first-order valence-electron chi connectivity index (χ1n) is 8.21. The molecular formula is C19H14Cl2IN5. The number of anilines is 1. The third-order valence-corrected chi connectivity index (χ3v) is 5.19. The Morgan fingerprint density at radius 2 is 1.67 bits per heavy atom. The van der Waals surface area contributed by atoms with Crippen molar-refractivity contribution in [2.75, 3.05) is 11.9 Å². The molecule has 0 aliphatic carbocycles. The van der Waals surface area contributed by atoms with Crippen LogP contribution in [0, 0.1) is 3.83 Å². The highest BCUT2D eigenvalue weighted by molar-refractivity contribution is 14.1. The van der Waals surface area contributed by atoms with Crippen LogP contribution in [0.5, 0.6) is 0 Å². The maximum atomic E-state index is 6.23. The summed E-state index contributed by atoms with van der Waals surface area (Å²) in [5, 5.41) is 4.84. The van der Waals surface area contributed by atoms with Gasteiger partial charge in [0.2, 0.25) is 0 Å². The van der Waals surface area contributed by atoms with E-state index in [1.54, 1.807) is 6.33 Å². The molecule has 0 atom stereocenters. The molecule has 0 radical (unpaired) electrons. The molecule has 0 saturated heterocycles. The van der Waals surface area contributed by atoms with Gasteiger partial charge in [0.05, 0.1) is 6.33 Å². The summed E-state index contributed by atoms with van der Waals surface area (Å²) < 4.78 is 0.636. The lowest BCUT2D eigenvalue weighted by atomic mass is 9.91. The van der Waals surface area contributed by atoms with Gasteiger partial charge < -0.3 is 10.3 Å². The maximum Gasteiger partial charge on any atom is 0.194 e. The predicted octanol–water partition coefficient (Wildman–Crippen LogP) is 5.51. The highest BCUT2D eigenvalue weighted by atomic mass is 127. The first-order valence-corrected chi connectivity index (χ1v) is 10.0. The van der Waals surface area contributed by atoms with Gasteiger partial charge in [0.1, 0.15) is 5.52 Å². The van der Waals surface area contributed by atoms with Gasteiger partial charge in [0.25, 0.3) is 0 Å². The Morgan fingerprint density at radius 1 is 1.00 bits per heavy atom. The molecule has 0 fully saturated rings. The van der Waals surface area contributed by atoms with Gasteiger partial charge >= 0.3 is 0 Å². The molecule has 4 aromatic rings. The number of imidazole rings is 1. The summed E-state index contributed by atoms with van der Waals surface area (Å²) in [6, 6.07) is 15.7. The molecule has 0 saturated carbocycles. The van der Waals surface area contributed by atoms with Gasteiger partial charge in [-0.1, -0.05) is 47.5 Å². The maximum absolute atomic E-state index is 6.23. The first-order chi connectivity index (χ1) is 13.1. The van der Waals surface area contributed by atoms with E-state index in [4.69, 9.17) is 23.2 Å². The lowest BCUT2D eigenvalue weighted by Gasteiger charge is -2.20. The summed E-state index contributed by atoms with van der Waals surface area (Å²) in [5.74, 6) is 0.768. The van der Waals surface area contributed by atoms with Crippen molar-refractivity contribution in [1.29, 1.82) is 0 Å². The minimum absolute atomic E-state index is 0.0491. The smallest absolute Gasteiger partial charge is 0.194 e. The van der Waals surface area contributed by atoms with Gasteiger partial charge in [-0.2, -0.15) is 0 Å².